The van der Waals surface area contributed by atoms with Gasteiger partial charge in [-0.2, -0.15) is 0 Å². The predicted molar refractivity (Wildman–Crippen MR) is 110 cm³/mol. The van der Waals surface area contributed by atoms with Gasteiger partial charge in [-0.05, 0) is 48.4 Å². The van der Waals surface area contributed by atoms with Gasteiger partial charge in [0.2, 0.25) is 11.8 Å². The molecule has 0 saturated carbocycles. The van der Waals surface area contributed by atoms with Crippen LogP contribution in [0.5, 0.6) is 0 Å². The Morgan fingerprint density at radius 1 is 1.25 bits per heavy atom. The number of amides is 2. The summed E-state index contributed by atoms with van der Waals surface area (Å²) >= 11 is 7.16. The molecular weight excluding hydrogens is 401 g/mol. The second-order valence-electron chi connectivity index (χ2n) is 6.22. The molecule has 2 aromatic rings. The van der Waals surface area contributed by atoms with Gasteiger partial charge in [0, 0.05) is 25.0 Å². The second kappa shape index (κ2) is 9.21. The molecule has 0 aromatic heterocycles. The molecule has 1 saturated heterocycles. The van der Waals surface area contributed by atoms with Gasteiger partial charge in [-0.25, -0.2) is 9.38 Å². The quantitative estimate of drug-likeness (QED) is 0.802. The van der Waals surface area contributed by atoms with Gasteiger partial charge in [0.05, 0.1) is 10.9 Å². The van der Waals surface area contributed by atoms with E-state index in [0.29, 0.717) is 28.8 Å². The van der Waals surface area contributed by atoms with Crippen molar-refractivity contribution >= 4 is 46.0 Å². The number of amidine groups is 1. The predicted octanol–water partition coefficient (Wildman–Crippen LogP) is 3.79. The van der Waals surface area contributed by atoms with Gasteiger partial charge in [0.25, 0.3) is 0 Å². The molecule has 1 aliphatic rings. The SMILES string of the molecule is CNC(=O)[C@@H]1CC(=O)N(CCc2ccc(Cl)cc2)C(=Nc2ccc(F)cc2)S1. The van der Waals surface area contributed by atoms with E-state index in [4.69, 9.17) is 11.6 Å². The Morgan fingerprint density at radius 3 is 2.57 bits per heavy atom. The van der Waals surface area contributed by atoms with E-state index >= 15 is 0 Å². The van der Waals surface area contributed by atoms with Crippen LogP contribution < -0.4 is 5.32 Å². The average molecular weight is 420 g/mol. The van der Waals surface area contributed by atoms with Crippen molar-refractivity contribution in [3.8, 4) is 0 Å². The van der Waals surface area contributed by atoms with Crippen molar-refractivity contribution < 1.29 is 14.0 Å². The first-order valence-corrected chi connectivity index (χ1v) is 9.99. The highest BCUT2D eigenvalue weighted by molar-refractivity contribution is 8.15. The summed E-state index contributed by atoms with van der Waals surface area (Å²) in [5.74, 6) is -0.746. The first kappa shape index (κ1) is 20.4. The maximum absolute atomic E-state index is 13.2. The van der Waals surface area contributed by atoms with Crippen LogP contribution in [0, 0.1) is 5.82 Å². The van der Waals surface area contributed by atoms with Crippen molar-refractivity contribution in [2.24, 2.45) is 4.99 Å². The standard InChI is InChI=1S/C20H19ClFN3O2S/c1-23-19(27)17-12-18(26)25(11-10-13-2-4-14(21)5-3-13)20(28-17)24-16-8-6-15(22)7-9-16/h2-9,17H,10-12H2,1H3,(H,23,27)/t17-/m0/s1. The van der Waals surface area contributed by atoms with Crippen LogP contribution in [0.1, 0.15) is 12.0 Å². The van der Waals surface area contributed by atoms with Crippen molar-refractivity contribution in [1.29, 1.82) is 0 Å². The summed E-state index contributed by atoms with van der Waals surface area (Å²) < 4.78 is 13.2. The van der Waals surface area contributed by atoms with Crippen molar-refractivity contribution in [2.75, 3.05) is 13.6 Å². The number of hydrogen-bond acceptors (Lipinski definition) is 4. The number of aliphatic imine (C=N–C) groups is 1. The molecule has 1 aliphatic heterocycles. The van der Waals surface area contributed by atoms with Crippen LogP contribution in [0.25, 0.3) is 0 Å². The van der Waals surface area contributed by atoms with Gasteiger partial charge >= 0.3 is 0 Å². The number of nitrogens with one attached hydrogen (secondary N) is 1. The number of nitrogens with zero attached hydrogens (tertiary/aromatic N) is 2. The molecule has 2 amide bonds. The largest absolute Gasteiger partial charge is 0.358 e. The molecule has 28 heavy (non-hydrogen) atoms. The number of carbonyl (C=O) groups excluding carboxylic acids is 2. The lowest BCUT2D eigenvalue weighted by atomic mass is 10.1. The Hall–Kier alpha value is -2.38. The maximum Gasteiger partial charge on any atom is 0.233 e. The lowest BCUT2D eigenvalue weighted by Gasteiger charge is -2.31. The molecule has 1 heterocycles. The third kappa shape index (κ3) is 5.11. The van der Waals surface area contributed by atoms with Crippen LogP contribution in [-0.4, -0.2) is 40.7 Å². The van der Waals surface area contributed by atoms with Crippen LogP contribution in [0.4, 0.5) is 10.1 Å². The van der Waals surface area contributed by atoms with Gasteiger partial charge in [0.15, 0.2) is 5.17 Å². The zero-order valence-corrected chi connectivity index (χ0v) is 16.8. The monoisotopic (exact) mass is 419 g/mol. The first-order chi connectivity index (χ1) is 13.5. The topological polar surface area (TPSA) is 61.8 Å². The molecule has 2 aromatic carbocycles. The molecule has 3 rings (SSSR count). The molecule has 146 valence electrons. The summed E-state index contributed by atoms with van der Waals surface area (Å²) in [6.07, 6.45) is 0.726. The highest BCUT2D eigenvalue weighted by atomic mass is 35.5. The van der Waals surface area contributed by atoms with E-state index in [0.717, 1.165) is 5.56 Å². The summed E-state index contributed by atoms with van der Waals surface area (Å²) in [7, 11) is 1.54. The fourth-order valence-electron chi connectivity index (χ4n) is 2.74. The van der Waals surface area contributed by atoms with Crippen LogP contribution in [0.2, 0.25) is 5.02 Å². The van der Waals surface area contributed by atoms with Crippen LogP contribution in [0.15, 0.2) is 53.5 Å². The van der Waals surface area contributed by atoms with Crippen LogP contribution >= 0.6 is 23.4 Å². The molecule has 0 bridgehead atoms. The third-order valence-electron chi connectivity index (χ3n) is 4.27. The van der Waals surface area contributed by atoms with E-state index in [1.165, 1.54) is 43.1 Å². The molecule has 0 unspecified atom stereocenters. The van der Waals surface area contributed by atoms with E-state index in [1.54, 1.807) is 17.0 Å². The number of carbonyl (C=O) groups is 2. The minimum atomic E-state index is -0.538. The van der Waals surface area contributed by atoms with Crippen LogP contribution in [-0.2, 0) is 16.0 Å². The van der Waals surface area contributed by atoms with Crippen molar-refractivity contribution in [2.45, 2.75) is 18.1 Å². The zero-order chi connectivity index (χ0) is 20.1. The van der Waals surface area contributed by atoms with Crippen molar-refractivity contribution in [3.05, 3.63) is 64.9 Å². The van der Waals surface area contributed by atoms with E-state index in [1.807, 2.05) is 12.1 Å². The molecule has 0 spiro atoms. The Balaban J connectivity index is 1.83. The molecule has 0 radical (unpaired) electrons. The van der Waals surface area contributed by atoms with Gasteiger partial charge in [-0.15, -0.1) is 0 Å². The third-order valence-corrected chi connectivity index (χ3v) is 5.71. The van der Waals surface area contributed by atoms with Crippen molar-refractivity contribution in [1.82, 2.24) is 10.2 Å². The summed E-state index contributed by atoms with van der Waals surface area (Å²) in [4.78, 5) is 30.9. The van der Waals surface area contributed by atoms with Crippen molar-refractivity contribution in [3.63, 3.8) is 0 Å². The molecule has 1 atom stereocenters. The van der Waals surface area contributed by atoms with E-state index in [9.17, 15) is 14.0 Å². The fraction of sp³-hybridized carbons (Fsp3) is 0.250. The Kier molecular flexibility index (Phi) is 6.70. The average Bonchev–Trinajstić information content (AvgIpc) is 2.69. The van der Waals surface area contributed by atoms with Gasteiger partial charge < -0.3 is 5.32 Å². The molecule has 1 N–H and O–H groups in total. The minimum Gasteiger partial charge on any atom is -0.358 e. The number of thioether (sulfide) groups is 1. The first-order valence-electron chi connectivity index (χ1n) is 8.73. The summed E-state index contributed by atoms with van der Waals surface area (Å²) in [5.41, 5.74) is 1.56. The normalized spacial score (nSPS) is 18.4. The number of rotatable bonds is 5. The number of benzene rings is 2. The Bertz CT molecular complexity index is 887. The smallest absolute Gasteiger partial charge is 0.233 e. The molecule has 5 nitrogen and oxygen atoms in total. The Morgan fingerprint density at radius 2 is 1.93 bits per heavy atom. The Labute approximate surface area is 172 Å². The lowest BCUT2D eigenvalue weighted by Crippen LogP contribution is -2.46. The van der Waals surface area contributed by atoms with E-state index < -0.39 is 5.25 Å². The van der Waals surface area contributed by atoms with Gasteiger partial charge in [0.1, 0.15) is 5.82 Å². The van der Waals surface area contributed by atoms with Gasteiger partial charge in [-0.3, -0.25) is 14.5 Å². The number of halogens is 2. The fourth-order valence-corrected chi connectivity index (χ4v) is 4.05. The highest BCUT2D eigenvalue weighted by Gasteiger charge is 2.35. The molecular formula is C20H19ClFN3O2S. The van der Waals surface area contributed by atoms with E-state index in [-0.39, 0.29) is 24.1 Å². The summed E-state index contributed by atoms with van der Waals surface area (Å²) in [6.45, 7) is 0.425. The number of hydrogen-bond donors (Lipinski definition) is 1. The molecule has 1 fully saturated rings. The minimum absolute atomic E-state index is 0.105. The zero-order valence-electron chi connectivity index (χ0n) is 15.2. The molecule has 8 heteroatoms. The summed E-state index contributed by atoms with van der Waals surface area (Å²) in [5, 5.41) is 3.13. The molecule has 0 aliphatic carbocycles. The van der Waals surface area contributed by atoms with E-state index in [2.05, 4.69) is 10.3 Å². The van der Waals surface area contributed by atoms with Crippen LogP contribution in [0.3, 0.4) is 0 Å². The summed E-state index contributed by atoms with van der Waals surface area (Å²) in [6, 6.07) is 13.1. The maximum atomic E-state index is 13.2. The highest BCUT2D eigenvalue weighted by Crippen LogP contribution is 2.29. The lowest BCUT2D eigenvalue weighted by molar-refractivity contribution is -0.130. The second-order valence-corrected chi connectivity index (χ2v) is 7.82. The van der Waals surface area contributed by atoms with Gasteiger partial charge in [-0.1, -0.05) is 35.5 Å².